The fourth-order valence-electron chi connectivity index (χ4n) is 0.707. The zero-order valence-corrected chi connectivity index (χ0v) is 6.13. The van der Waals surface area contributed by atoms with E-state index in [2.05, 4.69) is 0 Å². The van der Waals surface area contributed by atoms with Gasteiger partial charge in [0.25, 0.3) is 0 Å². The number of hydrogen-bond donors (Lipinski definition) is 0. The van der Waals surface area contributed by atoms with Gasteiger partial charge in [-0.1, -0.05) is 19.9 Å². The molecule has 0 N–H and O–H groups in total. The summed E-state index contributed by atoms with van der Waals surface area (Å²) in [5.74, 6) is 0. The third kappa shape index (κ3) is 2.90. The van der Waals surface area contributed by atoms with Crippen LogP contribution in [-0.2, 0) is 0 Å². The quantitative estimate of drug-likeness (QED) is 0.532. The Morgan fingerprint density at radius 3 is 1.90 bits per heavy atom. The SMILES string of the molecule is CC/C=C(\CC)C(F)(F)F. The molecule has 0 unspecified atom stereocenters. The van der Waals surface area contributed by atoms with Crippen molar-refractivity contribution in [3.8, 4) is 0 Å². The molecule has 0 aliphatic heterocycles. The van der Waals surface area contributed by atoms with Crippen LogP contribution in [0.2, 0.25) is 0 Å². The first-order valence-electron chi connectivity index (χ1n) is 3.28. The average molecular weight is 152 g/mol. The molecule has 0 radical (unpaired) electrons. The Hall–Kier alpha value is -0.470. The van der Waals surface area contributed by atoms with E-state index in [-0.39, 0.29) is 6.42 Å². The molecule has 0 heterocycles. The van der Waals surface area contributed by atoms with Crippen LogP contribution in [-0.4, -0.2) is 6.18 Å². The lowest BCUT2D eigenvalue weighted by Crippen LogP contribution is -2.10. The Balaban J connectivity index is 4.21. The third-order valence-electron chi connectivity index (χ3n) is 1.20. The first kappa shape index (κ1) is 9.53. The van der Waals surface area contributed by atoms with Crippen molar-refractivity contribution in [2.24, 2.45) is 0 Å². The van der Waals surface area contributed by atoms with Crippen LogP contribution in [0.15, 0.2) is 11.6 Å². The Morgan fingerprint density at radius 2 is 1.80 bits per heavy atom. The van der Waals surface area contributed by atoms with Gasteiger partial charge in [0.15, 0.2) is 0 Å². The monoisotopic (exact) mass is 152 g/mol. The molecule has 0 rings (SSSR count). The molecule has 0 spiro atoms. The van der Waals surface area contributed by atoms with Crippen molar-refractivity contribution in [2.45, 2.75) is 32.9 Å². The fraction of sp³-hybridized carbons (Fsp3) is 0.714. The second-order valence-electron chi connectivity index (χ2n) is 1.99. The van der Waals surface area contributed by atoms with Gasteiger partial charge in [0.05, 0.1) is 0 Å². The van der Waals surface area contributed by atoms with Gasteiger partial charge < -0.3 is 0 Å². The minimum Gasteiger partial charge on any atom is -0.166 e. The largest absolute Gasteiger partial charge is 0.412 e. The standard InChI is InChI=1S/C7H11F3/c1-3-5-6(4-2)7(8,9)10/h5H,3-4H2,1-2H3/b6-5+. The van der Waals surface area contributed by atoms with Crippen molar-refractivity contribution in [3.63, 3.8) is 0 Å². The van der Waals surface area contributed by atoms with Gasteiger partial charge in [-0.3, -0.25) is 0 Å². The average Bonchev–Trinajstić information content (AvgIpc) is 1.80. The highest BCUT2D eigenvalue weighted by Gasteiger charge is 2.31. The van der Waals surface area contributed by atoms with E-state index in [0.717, 1.165) is 0 Å². The number of halogens is 3. The third-order valence-corrected chi connectivity index (χ3v) is 1.20. The maximum absolute atomic E-state index is 11.8. The molecule has 0 atom stereocenters. The summed E-state index contributed by atoms with van der Waals surface area (Å²) in [6, 6.07) is 0. The summed E-state index contributed by atoms with van der Waals surface area (Å²) in [4.78, 5) is 0. The number of allylic oxidation sites excluding steroid dienone is 2. The molecule has 3 heteroatoms. The van der Waals surface area contributed by atoms with E-state index in [1.165, 1.54) is 13.0 Å². The molecule has 0 aliphatic rings. The first-order valence-corrected chi connectivity index (χ1v) is 3.28. The van der Waals surface area contributed by atoms with Crippen LogP contribution in [0.25, 0.3) is 0 Å². The Bertz CT molecular complexity index is 121. The van der Waals surface area contributed by atoms with E-state index in [0.29, 0.717) is 6.42 Å². The summed E-state index contributed by atoms with van der Waals surface area (Å²) in [7, 11) is 0. The van der Waals surface area contributed by atoms with Crippen molar-refractivity contribution < 1.29 is 13.2 Å². The van der Waals surface area contributed by atoms with Gasteiger partial charge in [0, 0.05) is 5.57 Å². The number of rotatable bonds is 2. The van der Waals surface area contributed by atoms with Crippen LogP contribution >= 0.6 is 0 Å². The van der Waals surface area contributed by atoms with Gasteiger partial charge in [-0.15, -0.1) is 0 Å². The van der Waals surface area contributed by atoms with Crippen molar-refractivity contribution in [3.05, 3.63) is 11.6 Å². The molecule has 0 bridgehead atoms. The van der Waals surface area contributed by atoms with Crippen LogP contribution < -0.4 is 0 Å². The van der Waals surface area contributed by atoms with E-state index < -0.39 is 11.7 Å². The van der Waals surface area contributed by atoms with Crippen LogP contribution in [0, 0.1) is 0 Å². The highest BCUT2D eigenvalue weighted by molar-refractivity contribution is 5.07. The van der Waals surface area contributed by atoms with Gasteiger partial charge in [-0.2, -0.15) is 13.2 Å². The van der Waals surface area contributed by atoms with Gasteiger partial charge in [0.2, 0.25) is 0 Å². The maximum Gasteiger partial charge on any atom is 0.412 e. The van der Waals surface area contributed by atoms with Crippen molar-refractivity contribution >= 4 is 0 Å². The van der Waals surface area contributed by atoms with E-state index in [1.54, 1.807) is 6.92 Å². The molecule has 0 aromatic carbocycles. The number of alkyl halides is 3. The van der Waals surface area contributed by atoms with E-state index >= 15 is 0 Å². The molecule has 0 nitrogen and oxygen atoms in total. The molecule has 0 aromatic rings. The van der Waals surface area contributed by atoms with Gasteiger partial charge in [-0.25, -0.2) is 0 Å². The van der Waals surface area contributed by atoms with Gasteiger partial charge in [0.1, 0.15) is 0 Å². The summed E-state index contributed by atoms with van der Waals surface area (Å²) < 4.78 is 35.5. The maximum atomic E-state index is 11.8. The molecule has 0 aromatic heterocycles. The summed E-state index contributed by atoms with van der Waals surface area (Å²) in [5.41, 5.74) is -0.421. The van der Waals surface area contributed by atoms with E-state index in [1.807, 2.05) is 0 Å². The highest BCUT2D eigenvalue weighted by Crippen LogP contribution is 2.27. The second kappa shape index (κ2) is 3.64. The van der Waals surface area contributed by atoms with Crippen LogP contribution in [0.1, 0.15) is 26.7 Å². The van der Waals surface area contributed by atoms with Crippen molar-refractivity contribution in [1.29, 1.82) is 0 Å². The Labute approximate surface area is 58.7 Å². The van der Waals surface area contributed by atoms with Crippen molar-refractivity contribution in [2.75, 3.05) is 0 Å². The summed E-state index contributed by atoms with van der Waals surface area (Å²) >= 11 is 0. The van der Waals surface area contributed by atoms with Gasteiger partial charge in [-0.05, 0) is 12.8 Å². The highest BCUT2D eigenvalue weighted by atomic mass is 19.4. The van der Waals surface area contributed by atoms with Crippen LogP contribution in [0.4, 0.5) is 13.2 Å². The molecule has 0 fully saturated rings. The molecular formula is C7H11F3. The van der Waals surface area contributed by atoms with E-state index in [9.17, 15) is 13.2 Å². The minimum atomic E-state index is -4.12. The molecule has 0 amide bonds. The minimum absolute atomic E-state index is 0.0668. The molecule has 0 saturated carbocycles. The molecule has 0 aliphatic carbocycles. The summed E-state index contributed by atoms with van der Waals surface area (Å²) in [5, 5.41) is 0. The summed E-state index contributed by atoms with van der Waals surface area (Å²) in [6.45, 7) is 3.20. The fourth-order valence-corrected chi connectivity index (χ4v) is 0.707. The van der Waals surface area contributed by atoms with Gasteiger partial charge >= 0.3 is 6.18 Å². The predicted octanol–water partition coefficient (Wildman–Crippen LogP) is 3.30. The van der Waals surface area contributed by atoms with Crippen molar-refractivity contribution in [1.82, 2.24) is 0 Å². The first-order chi connectivity index (χ1) is 4.52. The molecule has 60 valence electrons. The Morgan fingerprint density at radius 1 is 1.30 bits per heavy atom. The zero-order chi connectivity index (χ0) is 8.20. The molecule has 0 saturated heterocycles. The lowest BCUT2D eigenvalue weighted by Gasteiger charge is -2.07. The predicted molar refractivity (Wildman–Crippen MR) is 34.7 cm³/mol. The normalized spacial score (nSPS) is 13.9. The molecule has 10 heavy (non-hydrogen) atoms. The van der Waals surface area contributed by atoms with Crippen LogP contribution in [0.5, 0.6) is 0 Å². The second-order valence-corrected chi connectivity index (χ2v) is 1.99. The lowest BCUT2D eigenvalue weighted by molar-refractivity contribution is -0.0937. The summed E-state index contributed by atoms with van der Waals surface area (Å²) in [6.07, 6.45) is -2.38. The lowest BCUT2D eigenvalue weighted by atomic mass is 10.1. The van der Waals surface area contributed by atoms with Crippen LogP contribution in [0.3, 0.4) is 0 Å². The topological polar surface area (TPSA) is 0 Å². The molecular weight excluding hydrogens is 141 g/mol. The number of hydrogen-bond acceptors (Lipinski definition) is 0. The zero-order valence-electron chi connectivity index (χ0n) is 6.13. The van der Waals surface area contributed by atoms with E-state index in [4.69, 9.17) is 0 Å². The Kier molecular flexibility index (Phi) is 3.47. The smallest absolute Gasteiger partial charge is 0.166 e.